The summed E-state index contributed by atoms with van der Waals surface area (Å²) in [4.78, 5) is 25.7. The van der Waals surface area contributed by atoms with Gasteiger partial charge in [0.1, 0.15) is 0 Å². The SMILES string of the molecule is CCCCC(=O)N1CCC(C(=O)NCC(C)C)CC1. The van der Waals surface area contributed by atoms with E-state index in [1.54, 1.807) is 0 Å². The number of likely N-dealkylation sites (tertiary alicyclic amines) is 1. The molecule has 2 amide bonds. The van der Waals surface area contributed by atoms with Crippen LogP contribution in [-0.2, 0) is 9.59 Å². The molecule has 1 heterocycles. The molecule has 1 aliphatic rings. The maximum absolute atomic E-state index is 11.9. The Morgan fingerprint density at radius 2 is 1.89 bits per heavy atom. The van der Waals surface area contributed by atoms with Crippen LogP contribution in [0.2, 0.25) is 0 Å². The molecule has 4 nitrogen and oxygen atoms in total. The van der Waals surface area contributed by atoms with Crippen molar-refractivity contribution in [3.05, 3.63) is 0 Å². The molecule has 4 heteroatoms. The Balaban J connectivity index is 2.28. The number of rotatable bonds is 6. The first-order chi connectivity index (χ1) is 9.04. The number of hydrogen-bond donors (Lipinski definition) is 1. The molecule has 0 aliphatic carbocycles. The third-order valence-electron chi connectivity index (χ3n) is 3.65. The average Bonchev–Trinajstić information content (AvgIpc) is 2.42. The molecule has 1 rings (SSSR count). The lowest BCUT2D eigenvalue weighted by atomic mass is 9.95. The molecule has 110 valence electrons. The van der Waals surface area contributed by atoms with Crippen LogP contribution in [0.3, 0.4) is 0 Å². The van der Waals surface area contributed by atoms with E-state index < -0.39 is 0 Å². The van der Waals surface area contributed by atoms with Crippen molar-refractivity contribution in [3.63, 3.8) is 0 Å². The fourth-order valence-electron chi connectivity index (χ4n) is 2.33. The van der Waals surface area contributed by atoms with Gasteiger partial charge in [-0.05, 0) is 25.2 Å². The van der Waals surface area contributed by atoms with Crippen molar-refractivity contribution in [3.8, 4) is 0 Å². The van der Waals surface area contributed by atoms with Crippen LogP contribution in [-0.4, -0.2) is 36.3 Å². The Hall–Kier alpha value is -1.06. The number of piperidine rings is 1. The predicted octanol–water partition coefficient (Wildman–Crippen LogP) is 2.19. The average molecular weight is 268 g/mol. The number of nitrogens with zero attached hydrogens (tertiary/aromatic N) is 1. The molecule has 1 saturated heterocycles. The molecule has 0 atom stereocenters. The van der Waals surface area contributed by atoms with Gasteiger partial charge in [0.05, 0.1) is 0 Å². The molecule has 0 spiro atoms. The third-order valence-corrected chi connectivity index (χ3v) is 3.65. The van der Waals surface area contributed by atoms with Crippen LogP contribution in [0.4, 0.5) is 0 Å². The largest absolute Gasteiger partial charge is 0.356 e. The van der Waals surface area contributed by atoms with Gasteiger partial charge in [0, 0.05) is 32.0 Å². The molecule has 0 aromatic heterocycles. The number of amides is 2. The quantitative estimate of drug-likeness (QED) is 0.802. The fourth-order valence-corrected chi connectivity index (χ4v) is 2.33. The zero-order valence-corrected chi connectivity index (χ0v) is 12.6. The van der Waals surface area contributed by atoms with Gasteiger partial charge in [-0.1, -0.05) is 27.2 Å². The smallest absolute Gasteiger partial charge is 0.223 e. The molecule has 0 unspecified atom stereocenters. The van der Waals surface area contributed by atoms with Crippen LogP contribution in [0, 0.1) is 11.8 Å². The van der Waals surface area contributed by atoms with Crippen LogP contribution in [0.1, 0.15) is 52.9 Å². The minimum absolute atomic E-state index is 0.0916. The molecule has 0 bridgehead atoms. The molecule has 1 aliphatic heterocycles. The van der Waals surface area contributed by atoms with E-state index in [0.29, 0.717) is 12.3 Å². The number of carbonyl (C=O) groups excluding carboxylic acids is 2. The van der Waals surface area contributed by atoms with Crippen LogP contribution in [0.5, 0.6) is 0 Å². The molecular formula is C15H28N2O2. The van der Waals surface area contributed by atoms with Gasteiger partial charge >= 0.3 is 0 Å². The summed E-state index contributed by atoms with van der Waals surface area (Å²) in [6.45, 7) is 8.50. The lowest BCUT2D eigenvalue weighted by Gasteiger charge is -2.31. The second-order valence-corrected chi connectivity index (χ2v) is 5.90. The monoisotopic (exact) mass is 268 g/mol. The van der Waals surface area contributed by atoms with Crippen LogP contribution in [0.15, 0.2) is 0 Å². The van der Waals surface area contributed by atoms with E-state index in [1.165, 1.54) is 0 Å². The first kappa shape index (κ1) is 16.0. The Bertz CT molecular complexity index is 295. The highest BCUT2D eigenvalue weighted by molar-refractivity contribution is 5.80. The van der Waals surface area contributed by atoms with Crippen LogP contribution < -0.4 is 5.32 Å². The summed E-state index contributed by atoms with van der Waals surface area (Å²) >= 11 is 0. The highest BCUT2D eigenvalue weighted by Gasteiger charge is 2.26. The number of nitrogens with one attached hydrogen (secondary N) is 1. The van der Waals surface area contributed by atoms with Crippen molar-refractivity contribution < 1.29 is 9.59 Å². The molecule has 0 aromatic rings. The zero-order valence-electron chi connectivity index (χ0n) is 12.6. The van der Waals surface area contributed by atoms with E-state index in [2.05, 4.69) is 26.1 Å². The van der Waals surface area contributed by atoms with Crippen molar-refractivity contribution in [2.45, 2.75) is 52.9 Å². The van der Waals surface area contributed by atoms with E-state index in [4.69, 9.17) is 0 Å². The molecule has 1 fully saturated rings. The maximum Gasteiger partial charge on any atom is 0.223 e. The summed E-state index contributed by atoms with van der Waals surface area (Å²) < 4.78 is 0. The number of carbonyl (C=O) groups is 2. The lowest BCUT2D eigenvalue weighted by molar-refractivity contribution is -0.135. The normalized spacial score (nSPS) is 16.7. The van der Waals surface area contributed by atoms with Gasteiger partial charge in [0.25, 0.3) is 0 Å². The fraction of sp³-hybridized carbons (Fsp3) is 0.867. The third kappa shape index (κ3) is 5.62. The van der Waals surface area contributed by atoms with Crippen molar-refractivity contribution in [2.24, 2.45) is 11.8 Å². The molecule has 0 aromatic carbocycles. The summed E-state index contributed by atoms with van der Waals surface area (Å²) in [6.07, 6.45) is 4.29. The standard InChI is InChI=1S/C15H28N2O2/c1-4-5-6-14(18)17-9-7-13(8-10-17)15(19)16-11-12(2)3/h12-13H,4-11H2,1-3H3,(H,16,19). The van der Waals surface area contributed by atoms with E-state index in [9.17, 15) is 9.59 Å². The maximum atomic E-state index is 11.9. The Morgan fingerprint density at radius 3 is 2.42 bits per heavy atom. The van der Waals surface area contributed by atoms with E-state index >= 15 is 0 Å². The summed E-state index contributed by atoms with van der Waals surface area (Å²) in [5.74, 6) is 0.992. The Kier molecular flexibility index (Phi) is 6.89. The molecular weight excluding hydrogens is 240 g/mol. The van der Waals surface area contributed by atoms with Crippen LogP contribution in [0.25, 0.3) is 0 Å². The lowest BCUT2D eigenvalue weighted by Crippen LogP contribution is -2.43. The summed E-state index contributed by atoms with van der Waals surface area (Å²) in [5, 5.41) is 2.99. The van der Waals surface area contributed by atoms with Gasteiger partial charge in [-0.25, -0.2) is 0 Å². The molecule has 1 N–H and O–H groups in total. The second-order valence-electron chi connectivity index (χ2n) is 5.90. The van der Waals surface area contributed by atoms with Gasteiger partial charge in [0.2, 0.25) is 11.8 Å². The second kappa shape index (κ2) is 8.18. The summed E-state index contributed by atoms with van der Waals surface area (Å²) in [5.41, 5.74) is 0. The van der Waals surface area contributed by atoms with Crippen molar-refractivity contribution in [1.82, 2.24) is 10.2 Å². The predicted molar refractivity (Wildman–Crippen MR) is 76.7 cm³/mol. The topological polar surface area (TPSA) is 49.4 Å². The zero-order chi connectivity index (χ0) is 14.3. The number of unbranched alkanes of at least 4 members (excludes halogenated alkanes) is 1. The highest BCUT2D eigenvalue weighted by atomic mass is 16.2. The van der Waals surface area contributed by atoms with E-state index in [1.807, 2.05) is 4.90 Å². The minimum Gasteiger partial charge on any atom is -0.356 e. The first-order valence-corrected chi connectivity index (χ1v) is 7.60. The van der Waals surface area contributed by atoms with E-state index in [-0.39, 0.29) is 17.7 Å². The van der Waals surface area contributed by atoms with Crippen molar-refractivity contribution in [1.29, 1.82) is 0 Å². The molecule has 0 radical (unpaired) electrons. The number of hydrogen-bond acceptors (Lipinski definition) is 2. The highest BCUT2D eigenvalue weighted by Crippen LogP contribution is 2.18. The first-order valence-electron chi connectivity index (χ1n) is 7.60. The van der Waals surface area contributed by atoms with Gasteiger partial charge < -0.3 is 10.2 Å². The van der Waals surface area contributed by atoms with Crippen LogP contribution >= 0.6 is 0 Å². The van der Waals surface area contributed by atoms with E-state index in [0.717, 1.165) is 45.3 Å². The Morgan fingerprint density at radius 1 is 1.26 bits per heavy atom. The van der Waals surface area contributed by atoms with Crippen molar-refractivity contribution >= 4 is 11.8 Å². The molecule has 19 heavy (non-hydrogen) atoms. The van der Waals surface area contributed by atoms with Gasteiger partial charge in [-0.15, -0.1) is 0 Å². The van der Waals surface area contributed by atoms with Gasteiger partial charge in [0.15, 0.2) is 0 Å². The summed E-state index contributed by atoms with van der Waals surface area (Å²) in [7, 11) is 0. The van der Waals surface area contributed by atoms with Gasteiger partial charge in [-0.3, -0.25) is 9.59 Å². The Labute approximate surface area is 116 Å². The summed E-state index contributed by atoms with van der Waals surface area (Å²) in [6, 6.07) is 0. The van der Waals surface area contributed by atoms with Crippen molar-refractivity contribution in [2.75, 3.05) is 19.6 Å². The van der Waals surface area contributed by atoms with Gasteiger partial charge in [-0.2, -0.15) is 0 Å². The molecule has 0 saturated carbocycles. The minimum atomic E-state index is 0.0916.